The van der Waals surface area contributed by atoms with Gasteiger partial charge < -0.3 is 20.3 Å². The molecule has 2 aromatic rings. The van der Waals surface area contributed by atoms with Gasteiger partial charge in [-0.3, -0.25) is 4.79 Å². The van der Waals surface area contributed by atoms with Gasteiger partial charge in [0.1, 0.15) is 5.75 Å². The number of carbonyl (C=O) groups excluding carboxylic acids is 2. The molecule has 2 N–H and O–H groups in total. The first-order valence-electron chi connectivity index (χ1n) is 8.44. The van der Waals surface area contributed by atoms with Gasteiger partial charge >= 0.3 is 6.03 Å². The Labute approximate surface area is 154 Å². The van der Waals surface area contributed by atoms with Crippen molar-refractivity contribution in [2.45, 2.75) is 19.4 Å². The number of hydrogen-bond acceptors (Lipinski definition) is 3. The molecular weight excluding hydrogens is 330 g/mol. The fourth-order valence-corrected chi connectivity index (χ4v) is 2.57. The number of carbonyl (C=O) groups is 2. The molecule has 6 nitrogen and oxygen atoms in total. The molecule has 2 rings (SSSR count). The van der Waals surface area contributed by atoms with Crippen molar-refractivity contribution < 1.29 is 14.3 Å². The lowest BCUT2D eigenvalue weighted by atomic mass is 10.0. The lowest BCUT2D eigenvalue weighted by Gasteiger charge is -2.24. The van der Waals surface area contributed by atoms with E-state index in [4.69, 9.17) is 4.74 Å². The molecule has 0 heterocycles. The highest BCUT2D eigenvalue weighted by molar-refractivity contribution is 5.91. The molecule has 0 spiro atoms. The molecule has 3 amide bonds. The van der Waals surface area contributed by atoms with Gasteiger partial charge in [0, 0.05) is 37.8 Å². The quantitative estimate of drug-likeness (QED) is 0.835. The summed E-state index contributed by atoms with van der Waals surface area (Å²) >= 11 is 0. The van der Waals surface area contributed by atoms with Crippen LogP contribution < -0.4 is 15.4 Å². The van der Waals surface area contributed by atoms with Crippen LogP contribution in [0, 0.1) is 0 Å². The smallest absolute Gasteiger partial charge is 0.321 e. The first-order valence-corrected chi connectivity index (χ1v) is 8.44. The Kier molecular flexibility index (Phi) is 6.60. The Bertz CT molecular complexity index is 776. The molecule has 0 bridgehead atoms. The van der Waals surface area contributed by atoms with Crippen molar-refractivity contribution in [3.8, 4) is 16.9 Å². The molecule has 2 aromatic carbocycles. The number of methoxy groups -OCH3 is 1. The molecule has 1 atom stereocenters. The number of anilines is 1. The maximum Gasteiger partial charge on any atom is 0.321 e. The molecule has 0 aromatic heterocycles. The van der Waals surface area contributed by atoms with Crippen LogP contribution in [0.1, 0.15) is 13.3 Å². The molecule has 26 heavy (non-hydrogen) atoms. The number of para-hydroxylation sites is 1. The second-order valence-electron chi connectivity index (χ2n) is 6.05. The van der Waals surface area contributed by atoms with Crippen LogP contribution in [-0.4, -0.2) is 44.1 Å². The van der Waals surface area contributed by atoms with Crippen molar-refractivity contribution in [2.75, 3.05) is 26.5 Å². The van der Waals surface area contributed by atoms with E-state index in [-0.39, 0.29) is 24.4 Å². The van der Waals surface area contributed by atoms with Gasteiger partial charge in [0.2, 0.25) is 5.91 Å². The summed E-state index contributed by atoms with van der Waals surface area (Å²) in [5, 5.41) is 5.44. The molecule has 0 fully saturated rings. The van der Waals surface area contributed by atoms with E-state index in [2.05, 4.69) is 10.6 Å². The lowest BCUT2D eigenvalue weighted by molar-refractivity contribution is -0.121. The van der Waals surface area contributed by atoms with Crippen LogP contribution in [0.5, 0.6) is 5.75 Å². The number of benzene rings is 2. The Morgan fingerprint density at radius 1 is 1.15 bits per heavy atom. The summed E-state index contributed by atoms with van der Waals surface area (Å²) in [4.78, 5) is 25.5. The molecule has 0 saturated carbocycles. The summed E-state index contributed by atoms with van der Waals surface area (Å²) in [5.41, 5.74) is 2.58. The van der Waals surface area contributed by atoms with E-state index in [1.165, 1.54) is 4.90 Å². The summed E-state index contributed by atoms with van der Waals surface area (Å²) in [6.07, 6.45) is 0.252. The van der Waals surface area contributed by atoms with E-state index < -0.39 is 0 Å². The van der Waals surface area contributed by atoms with Gasteiger partial charge in [-0.1, -0.05) is 30.3 Å². The summed E-state index contributed by atoms with van der Waals surface area (Å²) in [7, 11) is 4.89. The minimum atomic E-state index is -0.265. The zero-order chi connectivity index (χ0) is 19.1. The number of nitrogens with one attached hydrogen (secondary N) is 2. The van der Waals surface area contributed by atoms with Crippen LogP contribution in [0.25, 0.3) is 11.1 Å². The van der Waals surface area contributed by atoms with Crippen LogP contribution in [0.15, 0.2) is 48.5 Å². The summed E-state index contributed by atoms with van der Waals surface area (Å²) in [6, 6.07) is 14.8. The van der Waals surface area contributed by atoms with Crippen LogP contribution in [0.2, 0.25) is 0 Å². The van der Waals surface area contributed by atoms with Crippen LogP contribution >= 0.6 is 0 Å². The maximum atomic E-state index is 12.5. The van der Waals surface area contributed by atoms with Gasteiger partial charge in [0.15, 0.2) is 0 Å². The number of hydrogen-bond donors (Lipinski definition) is 2. The predicted molar refractivity (Wildman–Crippen MR) is 103 cm³/mol. The van der Waals surface area contributed by atoms with Crippen molar-refractivity contribution in [1.29, 1.82) is 0 Å². The monoisotopic (exact) mass is 355 g/mol. The standard InChI is InChI=1S/C20H25N3O3/c1-14(12-19(24)21-2)23(3)20(25)22-16-9-7-8-15(13-16)17-10-5-6-11-18(17)26-4/h5-11,13-14H,12H2,1-4H3,(H,21,24)(H,22,25)/t14-/m0/s1. The van der Waals surface area contributed by atoms with E-state index in [1.807, 2.05) is 55.5 Å². The highest BCUT2D eigenvalue weighted by Gasteiger charge is 2.18. The third kappa shape index (κ3) is 4.75. The van der Waals surface area contributed by atoms with E-state index in [9.17, 15) is 9.59 Å². The zero-order valence-electron chi connectivity index (χ0n) is 15.6. The van der Waals surface area contributed by atoms with Gasteiger partial charge in [-0.05, 0) is 30.7 Å². The second kappa shape index (κ2) is 8.89. The first-order chi connectivity index (χ1) is 12.5. The molecule has 0 aliphatic carbocycles. The SMILES string of the molecule is CNC(=O)C[C@H](C)N(C)C(=O)Nc1cccc(-c2ccccc2OC)c1. The average molecular weight is 355 g/mol. The minimum Gasteiger partial charge on any atom is -0.496 e. The van der Waals surface area contributed by atoms with Gasteiger partial charge in [-0.15, -0.1) is 0 Å². The molecule has 138 valence electrons. The fourth-order valence-electron chi connectivity index (χ4n) is 2.57. The molecule has 0 saturated heterocycles. The molecule has 6 heteroatoms. The summed E-state index contributed by atoms with van der Waals surface area (Å²) in [5.74, 6) is 0.669. The molecular formula is C20H25N3O3. The van der Waals surface area contributed by atoms with Gasteiger partial charge in [0.05, 0.1) is 7.11 Å². The first kappa shape index (κ1) is 19.3. The van der Waals surface area contributed by atoms with E-state index in [0.717, 1.165) is 16.9 Å². The van der Waals surface area contributed by atoms with Crippen molar-refractivity contribution in [2.24, 2.45) is 0 Å². The van der Waals surface area contributed by atoms with Crippen LogP contribution in [0.4, 0.5) is 10.5 Å². The van der Waals surface area contributed by atoms with Crippen LogP contribution in [-0.2, 0) is 4.79 Å². The zero-order valence-corrected chi connectivity index (χ0v) is 15.6. The number of amides is 3. The highest BCUT2D eigenvalue weighted by atomic mass is 16.5. The third-order valence-corrected chi connectivity index (χ3v) is 4.27. The number of rotatable bonds is 6. The largest absolute Gasteiger partial charge is 0.496 e. The van der Waals surface area contributed by atoms with Crippen LogP contribution in [0.3, 0.4) is 0 Å². The van der Waals surface area contributed by atoms with E-state index in [1.54, 1.807) is 21.2 Å². The van der Waals surface area contributed by atoms with Crippen molar-refractivity contribution >= 4 is 17.6 Å². The topological polar surface area (TPSA) is 70.7 Å². The Hall–Kier alpha value is -3.02. The second-order valence-corrected chi connectivity index (χ2v) is 6.05. The van der Waals surface area contributed by atoms with Gasteiger partial charge in [-0.25, -0.2) is 4.79 Å². The van der Waals surface area contributed by atoms with Gasteiger partial charge in [-0.2, -0.15) is 0 Å². The maximum absolute atomic E-state index is 12.5. The Morgan fingerprint density at radius 2 is 1.88 bits per heavy atom. The normalized spacial score (nSPS) is 11.4. The number of nitrogens with zero attached hydrogens (tertiary/aromatic N) is 1. The summed E-state index contributed by atoms with van der Waals surface area (Å²) in [6.45, 7) is 1.83. The van der Waals surface area contributed by atoms with Gasteiger partial charge in [0.25, 0.3) is 0 Å². The van der Waals surface area contributed by atoms with E-state index in [0.29, 0.717) is 5.69 Å². The number of urea groups is 1. The number of ether oxygens (including phenoxy) is 1. The average Bonchev–Trinajstić information content (AvgIpc) is 2.67. The fraction of sp³-hybridized carbons (Fsp3) is 0.300. The van der Waals surface area contributed by atoms with E-state index >= 15 is 0 Å². The molecule has 0 radical (unpaired) electrons. The third-order valence-electron chi connectivity index (χ3n) is 4.27. The van der Waals surface area contributed by atoms with Crippen molar-refractivity contribution in [1.82, 2.24) is 10.2 Å². The van der Waals surface area contributed by atoms with Crippen molar-refractivity contribution in [3.63, 3.8) is 0 Å². The Morgan fingerprint density at radius 3 is 2.58 bits per heavy atom. The lowest BCUT2D eigenvalue weighted by Crippen LogP contribution is -2.40. The highest BCUT2D eigenvalue weighted by Crippen LogP contribution is 2.31. The Balaban J connectivity index is 2.13. The van der Waals surface area contributed by atoms with Crippen molar-refractivity contribution in [3.05, 3.63) is 48.5 Å². The molecule has 0 unspecified atom stereocenters. The summed E-state index contributed by atoms with van der Waals surface area (Å²) < 4.78 is 5.40. The molecule has 0 aliphatic rings. The minimum absolute atomic E-state index is 0.102. The molecule has 0 aliphatic heterocycles. The predicted octanol–water partition coefficient (Wildman–Crippen LogP) is 3.35.